The number of halogens is 4. The van der Waals surface area contributed by atoms with Crippen LogP contribution >= 0.6 is 27.5 Å². The van der Waals surface area contributed by atoms with E-state index in [2.05, 4.69) is 31.0 Å². The average Bonchev–Trinajstić information content (AvgIpc) is 2.53. The average molecular weight is 467 g/mol. The van der Waals surface area contributed by atoms with Crippen LogP contribution < -0.4 is 10.1 Å². The maximum absolute atomic E-state index is 12.7. The number of alkyl halides is 2. The zero-order valence-electron chi connectivity index (χ0n) is 13.2. The van der Waals surface area contributed by atoms with E-state index in [9.17, 15) is 28.8 Å². The molecule has 2 N–H and O–H groups in total. The highest BCUT2D eigenvalue weighted by Gasteiger charge is 2.26. The van der Waals surface area contributed by atoms with Crippen LogP contribution in [0.5, 0.6) is 5.75 Å². The van der Waals surface area contributed by atoms with Crippen LogP contribution in [0, 0.1) is 10.1 Å². The summed E-state index contributed by atoms with van der Waals surface area (Å²) < 4.78 is 30.2. The summed E-state index contributed by atoms with van der Waals surface area (Å²) in [7, 11) is 0. The van der Waals surface area contributed by atoms with Crippen LogP contribution in [0.1, 0.15) is 18.0 Å². The molecular formula is C15H11BrClF2N3O5. The standard InChI is InChI=1S/C15H11BrClF2N3O5/c16-7-2-1-3-11(27-15(18)19)14(7)9(5-13(23)24)21-8-4-12(17)20-6-10(8)22(25)26/h1-4,6,9,15H,5H2,(H,20,21)(H,23,24)/t9-/m1/s1. The van der Waals surface area contributed by atoms with Gasteiger partial charge in [0.25, 0.3) is 0 Å². The van der Waals surface area contributed by atoms with E-state index in [-0.39, 0.29) is 26.6 Å². The third kappa shape index (κ3) is 5.47. The van der Waals surface area contributed by atoms with Gasteiger partial charge in [-0.05, 0) is 12.1 Å². The Labute approximate surface area is 164 Å². The molecule has 0 aliphatic heterocycles. The Morgan fingerprint density at radius 3 is 2.78 bits per heavy atom. The van der Waals surface area contributed by atoms with Gasteiger partial charge in [-0.3, -0.25) is 14.9 Å². The number of ether oxygens (including phenoxy) is 1. The first-order valence-corrected chi connectivity index (χ1v) is 8.37. The van der Waals surface area contributed by atoms with Gasteiger partial charge < -0.3 is 15.2 Å². The minimum atomic E-state index is -3.15. The van der Waals surface area contributed by atoms with Gasteiger partial charge >= 0.3 is 18.3 Å². The number of benzene rings is 1. The fourth-order valence-corrected chi connectivity index (χ4v) is 3.11. The number of aromatic nitrogens is 1. The molecule has 0 fully saturated rings. The van der Waals surface area contributed by atoms with Crippen molar-refractivity contribution < 1.29 is 28.3 Å². The summed E-state index contributed by atoms with van der Waals surface area (Å²) in [6.45, 7) is -3.15. The van der Waals surface area contributed by atoms with Crippen molar-refractivity contribution in [1.82, 2.24) is 4.98 Å². The minimum Gasteiger partial charge on any atom is -0.481 e. The van der Waals surface area contributed by atoms with Crippen LogP contribution in [0.4, 0.5) is 20.2 Å². The quantitative estimate of drug-likeness (QED) is 0.331. The maximum Gasteiger partial charge on any atom is 0.387 e. The predicted molar refractivity (Wildman–Crippen MR) is 95.3 cm³/mol. The molecule has 12 heteroatoms. The van der Waals surface area contributed by atoms with Gasteiger partial charge in [0.1, 0.15) is 22.8 Å². The Morgan fingerprint density at radius 1 is 1.48 bits per heavy atom. The van der Waals surface area contributed by atoms with Crippen molar-refractivity contribution in [1.29, 1.82) is 0 Å². The van der Waals surface area contributed by atoms with E-state index in [1.807, 2.05) is 0 Å². The summed E-state index contributed by atoms with van der Waals surface area (Å²) in [5, 5.41) is 23.0. The van der Waals surface area contributed by atoms with E-state index >= 15 is 0 Å². The van der Waals surface area contributed by atoms with Gasteiger partial charge in [0.2, 0.25) is 0 Å². The van der Waals surface area contributed by atoms with Crippen LogP contribution in [0.3, 0.4) is 0 Å². The lowest BCUT2D eigenvalue weighted by Gasteiger charge is -2.22. The number of aliphatic carboxylic acids is 1. The zero-order valence-corrected chi connectivity index (χ0v) is 15.6. The fourth-order valence-electron chi connectivity index (χ4n) is 2.33. The van der Waals surface area contributed by atoms with Gasteiger partial charge in [-0.15, -0.1) is 0 Å². The number of nitrogens with one attached hydrogen (secondary N) is 1. The Hall–Kier alpha value is -2.53. The highest BCUT2D eigenvalue weighted by molar-refractivity contribution is 9.10. The molecule has 0 spiro atoms. The summed E-state index contributed by atoms with van der Waals surface area (Å²) in [5.41, 5.74) is -0.523. The van der Waals surface area contributed by atoms with E-state index in [1.165, 1.54) is 18.2 Å². The normalized spacial score (nSPS) is 11.9. The number of carboxylic acid groups (broad SMARTS) is 1. The second-order valence-corrected chi connectivity index (χ2v) is 6.35. The van der Waals surface area contributed by atoms with Gasteiger partial charge in [0, 0.05) is 16.1 Å². The number of rotatable bonds is 8. The van der Waals surface area contributed by atoms with E-state index in [1.54, 1.807) is 0 Å². The summed E-state index contributed by atoms with van der Waals surface area (Å²) in [6.07, 6.45) is 0.318. The fraction of sp³-hybridized carbons (Fsp3) is 0.200. The molecule has 0 unspecified atom stereocenters. The second-order valence-electron chi connectivity index (χ2n) is 5.11. The smallest absolute Gasteiger partial charge is 0.387 e. The van der Waals surface area contributed by atoms with Crippen LogP contribution in [0.2, 0.25) is 5.15 Å². The third-order valence-electron chi connectivity index (χ3n) is 3.33. The van der Waals surface area contributed by atoms with Gasteiger partial charge in [-0.1, -0.05) is 33.6 Å². The van der Waals surface area contributed by atoms with Gasteiger partial charge in [0.05, 0.1) is 17.4 Å². The molecule has 0 aliphatic rings. The van der Waals surface area contributed by atoms with Crippen molar-refractivity contribution >= 4 is 44.9 Å². The number of nitrogens with zero attached hydrogens (tertiary/aromatic N) is 2. The van der Waals surface area contributed by atoms with E-state index in [0.29, 0.717) is 0 Å². The number of hydrogen-bond donors (Lipinski definition) is 2. The molecule has 0 radical (unpaired) electrons. The monoisotopic (exact) mass is 465 g/mol. The third-order valence-corrected chi connectivity index (χ3v) is 4.23. The lowest BCUT2D eigenvalue weighted by Crippen LogP contribution is -2.18. The van der Waals surface area contributed by atoms with Crippen LogP contribution in [0.15, 0.2) is 34.9 Å². The minimum absolute atomic E-state index is 0.0578. The van der Waals surface area contributed by atoms with E-state index in [0.717, 1.165) is 12.3 Å². The molecule has 1 aromatic carbocycles. The molecular weight excluding hydrogens is 456 g/mol. The summed E-state index contributed by atoms with van der Waals surface area (Å²) in [5.74, 6) is -1.55. The molecule has 1 atom stereocenters. The van der Waals surface area contributed by atoms with Crippen LogP contribution in [-0.4, -0.2) is 27.6 Å². The number of carboxylic acids is 1. The molecule has 1 aromatic heterocycles. The van der Waals surface area contributed by atoms with Gasteiger partial charge in [-0.2, -0.15) is 8.78 Å². The molecule has 0 saturated heterocycles. The van der Waals surface area contributed by atoms with Gasteiger partial charge in [-0.25, -0.2) is 4.98 Å². The molecule has 2 rings (SSSR count). The largest absolute Gasteiger partial charge is 0.481 e. The topological polar surface area (TPSA) is 115 Å². The molecule has 1 heterocycles. The highest BCUT2D eigenvalue weighted by atomic mass is 79.9. The molecule has 0 aliphatic carbocycles. The van der Waals surface area contributed by atoms with Gasteiger partial charge in [0.15, 0.2) is 0 Å². The first-order chi connectivity index (χ1) is 12.7. The highest BCUT2D eigenvalue weighted by Crippen LogP contribution is 2.38. The van der Waals surface area contributed by atoms with Crippen molar-refractivity contribution in [3.63, 3.8) is 0 Å². The predicted octanol–water partition coefficient (Wildman–Crippen LogP) is 4.64. The Kier molecular flexibility index (Phi) is 6.86. The molecule has 0 bridgehead atoms. The first kappa shape index (κ1) is 20.8. The van der Waals surface area contributed by atoms with Crippen LogP contribution in [0.25, 0.3) is 0 Å². The second kappa shape index (κ2) is 8.91. The van der Waals surface area contributed by atoms with Crippen molar-refractivity contribution in [2.75, 3.05) is 5.32 Å². The maximum atomic E-state index is 12.7. The number of carbonyl (C=O) groups is 1. The lowest BCUT2D eigenvalue weighted by molar-refractivity contribution is -0.384. The lowest BCUT2D eigenvalue weighted by atomic mass is 10.0. The summed E-state index contributed by atoms with van der Waals surface area (Å²) in [6, 6.07) is 4.15. The van der Waals surface area contributed by atoms with Crippen molar-refractivity contribution in [2.24, 2.45) is 0 Å². The molecule has 8 nitrogen and oxygen atoms in total. The van der Waals surface area contributed by atoms with Crippen LogP contribution in [-0.2, 0) is 4.79 Å². The zero-order chi connectivity index (χ0) is 20.1. The number of nitro groups is 1. The summed E-state index contributed by atoms with van der Waals surface area (Å²) in [4.78, 5) is 25.3. The SMILES string of the molecule is O=C(O)C[C@@H](Nc1cc(Cl)ncc1[N+](=O)[O-])c1c(Br)cccc1OC(F)F. The molecule has 2 aromatic rings. The molecule has 0 saturated carbocycles. The number of hydrogen-bond acceptors (Lipinski definition) is 6. The van der Waals surface area contributed by atoms with Crippen molar-refractivity contribution in [3.8, 4) is 5.75 Å². The Morgan fingerprint density at radius 2 is 2.19 bits per heavy atom. The van der Waals surface area contributed by atoms with E-state index in [4.69, 9.17) is 11.6 Å². The van der Waals surface area contributed by atoms with Crippen molar-refractivity contribution in [2.45, 2.75) is 19.1 Å². The number of pyridine rings is 1. The first-order valence-electron chi connectivity index (χ1n) is 7.20. The van der Waals surface area contributed by atoms with E-state index < -0.39 is 35.7 Å². The Balaban J connectivity index is 2.54. The molecule has 144 valence electrons. The summed E-state index contributed by atoms with van der Waals surface area (Å²) >= 11 is 8.94. The Bertz CT molecular complexity index is 871. The molecule has 27 heavy (non-hydrogen) atoms. The molecule has 0 amide bonds. The van der Waals surface area contributed by atoms with Crippen molar-refractivity contribution in [3.05, 3.63) is 55.8 Å². The number of anilines is 1.